The SMILES string of the molecule is COc1cc(F)cc(-c2cncc3[nH]c(-c4n[nH]c5ccc(-c6cncc(CNCc7ccccc7)c6)nc45)cc23)c1. The Morgan fingerprint density at radius 3 is 2.55 bits per heavy atom. The smallest absolute Gasteiger partial charge is 0.135 e. The number of halogens is 1. The predicted octanol–water partition coefficient (Wildman–Crippen LogP) is 6.67. The van der Waals surface area contributed by atoms with E-state index < -0.39 is 0 Å². The summed E-state index contributed by atoms with van der Waals surface area (Å²) in [5.41, 5.74) is 9.28. The number of nitrogens with one attached hydrogen (secondary N) is 3. The summed E-state index contributed by atoms with van der Waals surface area (Å²) in [6, 6.07) is 23.0. The van der Waals surface area contributed by atoms with Crippen LogP contribution in [0.2, 0.25) is 0 Å². The fourth-order valence-electron chi connectivity index (χ4n) is 5.16. The highest BCUT2D eigenvalue weighted by Crippen LogP contribution is 2.35. The standard InChI is InChI=1S/C33H26FN7O/c1-42-25-11-22(10-24(34)12-25)27-18-37-19-31-26(27)13-30(38-31)33-32-29(40-41-33)8-7-28(39-32)23-9-21(16-36-17-23)15-35-14-20-5-3-2-4-6-20/h2-13,16-19,35,38H,14-15H2,1H3,(H,40,41). The maximum absolute atomic E-state index is 14.3. The van der Waals surface area contributed by atoms with Gasteiger partial charge in [-0.2, -0.15) is 5.10 Å². The first-order valence-electron chi connectivity index (χ1n) is 13.5. The van der Waals surface area contributed by atoms with Gasteiger partial charge in [0.1, 0.15) is 22.8 Å². The van der Waals surface area contributed by atoms with E-state index in [4.69, 9.17) is 9.72 Å². The minimum atomic E-state index is -0.377. The second-order valence-electron chi connectivity index (χ2n) is 10.0. The summed E-state index contributed by atoms with van der Waals surface area (Å²) in [5, 5.41) is 12.0. The summed E-state index contributed by atoms with van der Waals surface area (Å²) in [6.45, 7) is 1.47. The highest BCUT2D eigenvalue weighted by atomic mass is 19.1. The van der Waals surface area contributed by atoms with Crippen molar-refractivity contribution in [2.45, 2.75) is 13.1 Å². The average Bonchev–Trinajstić information content (AvgIpc) is 3.65. The van der Waals surface area contributed by atoms with Crippen LogP contribution < -0.4 is 10.1 Å². The van der Waals surface area contributed by atoms with Crippen LogP contribution in [-0.2, 0) is 13.1 Å². The van der Waals surface area contributed by atoms with E-state index in [0.717, 1.165) is 56.6 Å². The zero-order valence-electron chi connectivity index (χ0n) is 22.7. The molecule has 0 aliphatic rings. The van der Waals surface area contributed by atoms with Crippen molar-refractivity contribution in [3.8, 4) is 39.5 Å². The third-order valence-electron chi connectivity index (χ3n) is 7.22. The van der Waals surface area contributed by atoms with Crippen LogP contribution in [0.4, 0.5) is 4.39 Å². The molecule has 42 heavy (non-hydrogen) atoms. The van der Waals surface area contributed by atoms with Crippen LogP contribution in [-0.4, -0.2) is 37.2 Å². The van der Waals surface area contributed by atoms with Crippen molar-refractivity contribution >= 4 is 21.9 Å². The highest BCUT2D eigenvalue weighted by Gasteiger charge is 2.16. The number of benzene rings is 2. The number of rotatable bonds is 8. The van der Waals surface area contributed by atoms with E-state index in [1.54, 1.807) is 18.5 Å². The molecule has 7 aromatic rings. The van der Waals surface area contributed by atoms with Crippen LogP contribution in [0.15, 0.2) is 97.6 Å². The first-order valence-corrected chi connectivity index (χ1v) is 13.5. The molecule has 5 heterocycles. The normalized spacial score (nSPS) is 11.4. The minimum absolute atomic E-state index is 0.377. The number of fused-ring (bicyclic) bond motifs is 2. The zero-order valence-corrected chi connectivity index (χ0v) is 22.7. The Morgan fingerprint density at radius 1 is 0.810 bits per heavy atom. The van der Waals surface area contributed by atoms with Gasteiger partial charge in [-0.15, -0.1) is 0 Å². The average molecular weight is 556 g/mol. The molecule has 0 fully saturated rings. The molecular formula is C33H26FN7O. The molecule has 0 saturated carbocycles. The second kappa shape index (κ2) is 10.9. The third-order valence-corrected chi connectivity index (χ3v) is 7.22. The van der Waals surface area contributed by atoms with E-state index in [-0.39, 0.29) is 5.82 Å². The number of pyridine rings is 3. The molecule has 0 bridgehead atoms. The first-order chi connectivity index (χ1) is 20.6. The maximum atomic E-state index is 14.3. The van der Waals surface area contributed by atoms with Gasteiger partial charge in [0.25, 0.3) is 0 Å². The van der Waals surface area contributed by atoms with Crippen molar-refractivity contribution < 1.29 is 9.13 Å². The van der Waals surface area contributed by atoms with Gasteiger partial charge in [-0.05, 0) is 53.1 Å². The summed E-state index contributed by atoms with van der Waals surface area (Å²) < 4.78 is 19.6. The largest absolute Gasteiger partial charge is 0.497 e. The van der Waals surface area contributed by atoms with E-state index in [2.05, 4.69) is 48.7 Å². The molecule has 0 aliphatic heterocycles. The zero-order chi connectivity index (χ0) is 28.5. The predicted molar refractivity (Wildman–Crippen MR) is 161 cm³/mol. The Labute approximate surface area is 240 Å². The Morgan fingerprint density at radius 2 is 1.67 bits per heavy atom. The van der Waals surface area contributed by atoms with Crippen molar-refractivity contribution in [3.05, 3.63) is 115 Å². The van der Waals surface area contributed by atoms with Crippen molar-refractivity contribution in [1.82, 2.24) is 35.5 Å². The summed E-state index contributed by atoms with van der Waals surface area (Å²) in [7, 11) is 1.52. The lowest BCUT2D eigenvalue weighted by atomic mass is 10.0. The highest BCUT2D eigenvalue weighted by molar-refractivity contribution is 6.00. The van der Waals surface area contributed by atoms with Crippen molar-refractivity contribution in [2.75, 3.05) is 7.11 Å². The lowest BCUT2D eigenvalue weighted by Gasteiger charge is -2.07. The van der Waals surface area contributed by atoms with Gasteiger partial charge in [0.15, 0.2) is 0 Å². The van der Waals surface area contributed by atoms with Crippen LogP contribution in [0.25, 0.3) is 55.7 Å². The van der Waals surface area contributed by atoms with E-state index in [1.807, 2.05) is 48.8 Å². The summed E-state index contributed by atoms with van der Waals surface area (Å²) in [5.74, 6) is 0.0657. The summed E-state index contributed by atoms with van der Waals surface area (Å²) in [4.78, 5) is 17.2. The van der Waals surface area contributed by atoms with E-state index in [1.165, 1.54) is 24.8 Å². The molecule has 7 rings (SSSR count). The molecule has 0 amide bonds. The molecule has 0 spiro atoms. The quantitative estimate of drug-likeness (QED) is 0.194. The first kappa shape index (κ1) is 25.6. The number of hydrogen-bond donors (Lipinski definition) is 3. The molecule has 0 aliphatic carbocycles. The summed E-state index contributed by atoms with van der Waals surface area (Å²) >= 11 is 0. The molecule has 9 heteroatoms. The Balaban J connectivity index is 1.21. The Bertz CT molecular complexity index is 2030. The third kappa shape index (κ3) is 4.97. The van der Waals surface area contributed by atoms with Crippen LogP contribution in [0, 0.1) is 5.82 Å². The molecule has 8 nitrogen and oxygen atoms in total. The lowest BCUT2D eigenvalue weighted by Crippen LogP contribution is -2.12. The molecule has 2 aromatic carbocycles. The molecule has 0 atom stereocenters. The van der Waals surface area contributed by atoms with Crippen LogP contribution in [0.3, 0.4) is 0 Å². The number of H-pyrrole nitrogens is 2. The van der Waals surface area contributed by atoms with Gasteiger partial charge >= 0.3 is 0 Å². The van der Waals surface area contributed by atoms with Gasteiger partial charge in [0.2, 0.25) is 0 Å². The Kier molecular flexibility index (Phi) is 6.61. The van der Waals surface area contributed by atoms with Crippen LogP contribution in [0.5, 0.6) is 5.75 Å². The number of aromatic nitrogens is 6. The van der Waals surface area contributed by atoms with Crippen molar-refractivity contribution in [2.24, 2.45) is 0 Å². The number of aromatic amines is 2. The van der Waals surface area contributed by atoms with E-state index in [0.29, 0.717) is 23.6 Å². The number of hydrogen-bond acceptors (Lipinski definition) is 6. The maximum Gasteiger partial charge on any atom is 0.135 e. The molecule has 206 valence electrons. The second-order valence-corrected chi connectivity index (χ2v) is 10.0. The topological polar surface area (TPSA) is 104 Å². The monoisotopic (exact) mass is 555 g/mol. The molecule has 3 N–H and O–H groups in total. The number of nitrogens with zero attached hydrogens (tertiary/aromatic N) is 4. The van der Waals surface area contributed by atoms with Gasteiger partial charge in [-0.3, -0.25) is 15.1 Å². The van der Waals surface area contributed by atoms with Crippen molar-refractivity contribution in [1.29, 1.82) is 0 Å². The molecule has 0 unspecified atom stereocenters. The fraction of sp³-hybridized carbons (Fsp3) is 0.0909. The minimum Gasteiger partial charge on any atom is -0.497 e. The lowest BCUT2D eigenvalue weighted by molar-refractivity contribution is 0.411. The van der Waals surface area contributed by atoms with Gasteiger partial charge in [-0.25, -0.2) is 9.37 Å². The molecule has 5 aromatic heterocycles. The summed E-state index contributed by atoms with van der Waals surface area (Å²) in [6.07, 6.45) is 7.16. The van der Waals surface area contributed by atoms with Crippen LogP contribution >= 0.6 is 0 Å². The number of ether oxygens (including phenoxy) is 1. The van der Waals surface area contributed by atoms with Crippen molar-refractivity contribution in [3.63, 3.8) is 0 Å². The van der Waals surface area contributed by atoms with Gasteiger partial charge in [-0.1, -0.05) is 30.3 Å². The van der Waals surface area contributed by atoms with E-state index >= 15 is 0 Å². The van der Waals surface area contributed by atoms with E-state index in [9.17, 15) is 4.39 Å². The van der Waals surface area contributed by atoms with Gasteiger partial charge in [0.05, 0.1) is 35.7 Å². The molecular weight excluding hydrogens is 529 g/mol. The Hall–Kier alpha value is -5.41. The van der Waals surface area contributed by atoms with Gasteiger partial charge < -0.3 is 15.0 Å². The van der Waals surface area contributed by atoms with Crippen LogP contribution in [0.1, 0.15) is 11.1 Å². The molecule has 0 radical (unpaired) electrons. The number of methoxy groups -OCH3 is 1. The van der Waals surface area contributed by atoms with Gasteiger partial charge in [0, 0.05) is 54.3 Å². The fourth-order valence-corrected chi connectivity index (χ4v) is 5.16. The molecule has 0 saturated heterocycles.